The Morgan fingerprint density at radius 1 is 1.05 bits per heavy atom. The Balaban J connectivity index is 1.28. The lowest BCUT2D eigenvalue weighted by Gasteiger charge is -2.35. The number of ether oxygens (including phenoxy) is 1. The molecule has 11 nitrogen and oxygen atoms in total. The van der Waals surface area contributed by atoms with Crippen LogP contribution in [-0.2, 0) is 32.1 Å². The summed E-state index contributed by atoms with van der Waals surface area (Å²) >= 11 is 0. The summed E-state index contributed by atoms with van der Waals surface area (Å²) in [6.07, 6.45) is 4.45. The first kappa shape index (κ1) is 31.3. The van der Waals surface area contributed by atoms with Crippen LogP contribution >= 0.6 is 0 Å². The van der Waals surface area contributed by atoms with Crippen LogP contribution in [0, 0.1) is 0 Å². The van der Waals surface area contributed by atoms with E-state index in [-0.39, 0.29) is 24.9 Å². The summed E-state index contributed by atoms with van der Waals surface area (Å²) in [4.78, 5) is 58.8. The zero-order valence-electron chi connectivity index (χ0n) is 25.5. The molecular weight excluding hydrogens is 550 g/mol. The van der Waals surface area contributed by atoms with Crippen molar-refractivity contribution in [2.24, 2.45) is 0 Å². The van der Waals surface area contributed by atoms with Gasteiger partial charge in [-0.25, -0.2) is 4.79 Å². The maximum Gasteiger partial charge on any atom is 0.410 e. The summed E-state index contributed by atoms with van der Waals surface area (Å²) in [5.41, 5.74) is 2.31. The van der Waals surface area contributed by atoms with E-state index in [1.165, 1.54) is 10.5 Å². The Morgan fingerprint density at radius 3 is 2.47 bits per heavy atom. The molecule has 5 rings (SSSR count). The van der Waals surface area contributed by atoms with Gasteiger partial charge in [-0.3, -0.25) is 19.3 Å². The van der Waals surface area contributed by atoms with E-state index in [0.29, 0.717) is 25.9 Å². The molecule has 4 aliphatic rings. The quantitative estimate of drug-likeness (QED) is 0.376. The summed E-state index contributed by atoms with van der Waals surface area (Å²) < 4.78 is 5.93. The van der Waals surface area contributed by atoms with Crippen molar-refractivity contribution < 1.29 is 29.0 Å². The molecule has 236 valence electrons. The van der Waals surface area contributed by atoms with Crippen molar-refractivity contribution in [3.8, 4) is 0 Å². The average Bonchev–Trinajstić information content (AvgIpc) is 3.75. The van der Waals surface area contributed by atoms with Gasteiger partial charge in [0.15, 0.2) is 6.10 Å². The molecule has 0 bridgehead atoms. The van der Waals surface area contributed by atoms with Crippen molar-refractivity contribution in [3.63, 3.8) is 0 Å². The molecule has 1 aromatic carbocycles. The Kier molecular flexibility index (Phi) is 10.2. The summed E-state index contributed by atoms with van der Waals surface area (Å²) in [6.45, 7) is 6.57. The second-order valence-electron chi connectivity index (χ2n) is 12.6. The highest BCUT2D eigenvalue weighted by Crippen LogP contribution is 2.27. The number of hydrogen-bond acceptors (Lipinski definition) is 7. The maximum atomic E-state index is 13.9. The number of hydrogen-bond donors (Lipinski definition) is 3. The highest BCUT2D eigenvalue weighted by Gasteiger charge is 2.45. The van der Waals surface area contributed by atoms with Gasteiger partial charge in [-0.1, -0.05) is 44.0 Å². The number of amides is 4. The van der Waals surface area contributed by atoms with Gasteiger partial charge in [0, 0.05) is 25.6 Å². The molecule has 4 amide bonds. The second-order valence-corrected chi connectivity index (χ2v) is 12.6. The minimum Gasteiger partial charge on any atom is -0.444 e. The normalized spacial score (nSPS) is 24.4. The number of carbonyl (C=O) groups excluding carboxylic acids is 4. The first-order valence-corrected chi connectivity index (χ1v) is 16.1. The maximum absolute atomic E-state index is 13.9. The van der Waals surface area contributed by atoms with Gasteiger partial charge < -0.3 is 30.3 Å². The number of nitrogens with zero attached hydrogens (tertiary/aromatic N) is 3. The largest absolute Gasteiger partial charge is 0.444 e. The van der Waals surface area contributed by atoms with Crippen molar-refractivity contribution in [2.75, 3.05) is 26.2 Å². The van der Waals surface area contributed by atoms with Crippen LogP contribution in [0.2, 0.25) is 0 Å². The van der Waals surface area contributed by atoms with Gasteiger partial charge >= 0.3 is 6.09 Å². The summed E-state index contributed by atoms with van der Waals surface area (Å²) in [5.74, 6) is -1.11. The van der Waals surface area contributed by atoms with Crippen LogP contribution in [-0.4, -0.2) is 106 Å². The first-order valence-electron chi connectivity index (χ1n) is 16.1. The number of aliphatic hydroxyl groups is 1. The molecule has 3 unspecified atom stereocenters. The number of rotatable bonds is 10. The smallest absolute Gasteiger partial charge is 0.410 e. The molecular formula is C32H47N5O6. The molecule has 1 aromatic rings. The van der Waals surface area contributed by atoms with Gasteiger partial charge in [-0.2, -0.15) is 0 Å². The molecule has 2 saturated heterocycles. The molecule has 3 aliphatic heterocycles. The van der Waals surface area contributed by atoms with Gasteiger partial charge in [0.2, 0.25) is 11.8 Å². The lowest BCUT2D eigenvalue weighted by molar-refractivity contribution is -0.143. The van der Waals surface area contributed by atoms with Crippen LogP contribution in [0.3, 0.4) is 0 Å². The van der Waals surface area contributed by atoms with E-state index < -0.39 is 48.2 Å². The molecule has 3 N–H and O–H groups in total. The fraction of sp³-hybridized carbons (Fsp3) is 0.688. The van der Waals surface area contributed by atoms with Gasteiger partial charge in [0.05, 0.1) is 18.6 Å². The van der Waals surface area contributed by atoms with Crippen molar-refractivity contribution in [3.05, 3.63) is 35.4 Å². The highest BCUT2D eigenvalue weighted by molar-refractivity contribution is 5.91. The number of nitrogens with one attached hydrogen (secondary N) is 2. The first-order chi connectivity index (χ1) is 20.7. The minimum absolute atomic E-state index is 0.0863. The fourth-order valence-corrected chi connectivity index (χ4v) is 6.54. The zero-order chi connectivity index (χ0) is 30.5. The van der Waals surface area contributed by atoms with E-state index >= 15 is 0 Å². The third-order valence-corrected chi connectivity index (χ3v) is 9.30. The van der Waals surface area contributed by atoms with Crippen LogP contribution in [0.5, 0.6) is 0 Å². The van der Waals surface area contributed by atoms with Gasteiger partial charge in [-0.15, -0.1) is 0 Å². The second kappa shape index (κ2) is 14.1. The zero-order valence-corrected chi connectivity index (χ0v) is 25.5. The van der Waals surface area contributed by atoms with Crippen LogP contribution in [0.4, 0.5) is 4.79 Å². The predicted molar refractivity (Wildman–Crippen MR) is 160 cm³/mol. The Labute approximate surface area is 254 Å². The third-order valence-electron chi connectivity index (χ3n) is 9.30. The molecule has 3 heterocycles. The monoisotopic (exact) mass is 597 g/mol. The number of aliphatic hydroxyl groups excluding tert-OH is 1. The molecule has 1 saturated carbocycles. The molecule has 43 heavy (non-hydrogen) atoms. The van der Waals surface area contributed by atoms with Crippen LogP contribution < -0.4 is 10.6 Å². The van der Waals surface area contributed by atoms with Gasteiger partial charge in [0.1, 0.15) is 12.1 Å². The van der Waals surface area contributed by atoms with Gasteiger partial charge in [-0.05, 0) is 69.7 Å². The van der Waals surface area contributed by atoms with Crippen LogP contribution in [0.25, 0.3) is 0 Å². The third kappa shape index (κ3) is 7.67. The lowest BCUT2D eigenvalue weighted by atomic mass is 10.0. The Morgan fingerprint density at radius 2 is 1.77 bits per heavy atom. The van der Waals surface area contributed by atoms with Crippen molar-refractivity contribution in [1.29, 1.82) is 0 Å². The molecule has 0 radical (unpaired) electrons. The van der Waals surface area contributed by atoms with Crippen molar-refractivity contribution in [2.45, 2.75) is 115 Å². The van der Waals surface area contributed by atoms with E-state index in [0.717, 1.165) is 57.2 Å². The SMILES string of the molecule is CCCC(NC(=O)[C@@H]1C[C@@H](OC(=O)N2CCc3ccccc3C2)CN1C(=O)C(C)N1CCCCC1)C(O)C(=O)NC1CC1. The summed E-state index contributed by atoms with van der Waals surface area (Å²) in [6, 6.07) is 6.05. The summed E-state index contributed by atoms with van der Waals surface area (Å²) in [5, 5.41) is 16.5. The average molecular weight is 598 g/mol. The lowest BCUT2D eigenvalue weighted by Crippen LogP contribution is -2.57. The topological polar surface area (TPSA) is 132 Å². The van der Waals surface area contributed by atoms with Gasteiger partial charge in [0.25, 0.3) is 5.91 Å². The van der Waals surface area contributed by atoms with E-state index in [4.69, 9.17) is 4.74 Å². The Hall–Kier alpha value is -3.18. The molecule has 0 spiro atoms. The van der Waals surface area contributed by atoms with Crippen molar-refractivity contribution in [1.82, 2.24) is 25.3 Å². The van der Waals surface area contributed by atoms with Crippen molar-refractivity contribution >= 4 is 23.8 Å². The Bertz CT molecular complexity index is 1170. The van der Waals surface area contributed by atoms with E-state index in [2.05, 4.69) is 21.6 Å². The number of fused-ring (bicyclic) bond motifs is 1. The standard InChI is InChI=1S/C32H47N5O6/c1-3-9-26(28(38)30(40)33-24-12-13-24)34-29(39)27-18-25(20-37(27)31(41)21(2)35-15-7-4-8-16-35)43-32(42)36-17-14-22-10-5-6-11-23(22)19-36/h5-6,10-11,21,24-28,38H,3-4,7-9,12-20H2,1-2H3,(H,33,40)(H,34,39)/t21?,25-,26?,27+,28?/m1/s1. The number of carbonyl (C=O) groups is 4. The van der Waals surface area contributed by atoms with E-state index in [9.17, 15) is 24.3 Å². The number of likely N-dealkylation sites (tertiary alicyclic amines) is 2. The summed E-state index contributed by atoms with van der Waals surface area (Å²) in [7, 11) is 0. The molecule has 5 atom stereocenters. The van der Waals surface area contributed by atoms with E-state index in [1.807, 2.05) is 32.0 Å². The van der Waals surface area contributed by atoms with E-state index in [1.54, 1.807) is 4.90 Å². The van der Waals surface area contributed by atoms with Crippen LogP contribution in [0.15, 0.2) is 24.3 Å². The molecule has 3 fully saturated rings. The minimum atomic E-state index is -1.39. The number of benzene rings is 1. The van der Waals surface area contributed by atoms with Crippen LogP contribution in [0.1, 0.15) is 76.3 Å². The predicted octanol–water partition coefficient (Wildman–Crippen LogP) is 1.95. The fourth-order valence-electron chi connectivity index (χ4n) is 6.54. The highest BCUT2D eigenvalue weighted by atomic mass is 16.6. The molecule has 11 heteroatoms. The number of piperidine rings is 1. The molecule has 0 aromatic heterocycles. The molecule has 1 aliphatic carbocycles.